The summed E-state index contributed by atoms with van der Waals surface area (Å²) >= 11 is 0. The molecule has 0 bridgehead atoms. The number of hydrogen-bond donors (Lipinski definition) is 1. The van der Waals surface area contributed by atoms with Crippen LogP contribution in [0.4, 0.5) is 14.9 Å². The number of likely N-dealkylation sites (N-methyl/N-ethyl adjacent to an activating group) is 1. The highest BCUT2D eigenvalue weighted by Crippen LogP contribution is 2.35. The summed E-state index contributed by atoms with van der Waals surface area (Å²) in [7, 11) is 2.01. The van der Waals surface area contributed by atoms with Crippen LogP contribution >= 0.6 is 0 Å². The number of halogens is 1. The first-order valence-electron chi connectivity index (χ1n) is 11.9. The summed E-state index contributed by atoms with van der Waals surface area (Å²) < 4.78 is 19.1. The SMILES string of the molecule is CCCC(=O)Nc1ccc(C2OC(=O)N(Cc3ccc(F)cc3)C2C(=O)N2CCN(C)CC2)cc1. The van der Waals surface area contributed by atoms with Gasteiger partial charge in [-0.25, -0.2) is 9.18 Å². The summed E-state index contributed by atoms with van der Waals surface area (Å²) in [5.74, 6) is -0.607. The van der Waals surface area contributed by atoms with Crippen LogP contribution in [-0.2, 0) is 20.9 Å². The summed E-state index contributed by atoms with van der Waals surface area (Å²) in [6.07, 6.45) is -0.202. The van der Waals surface area contributed by atoms with Crippen LogP contribution in [0.5, 0.6) is 0 Å². The number of ether oxygens (including phenoxy) is 1. The van der Waals surface area contributed by atoms with E-state index in [0.717, 1.165) is 19.5 Å². The highest BCUT2D eigenvalue weighted by atomic mass is 19.1. The van der Waals surface area contributed by atoms with Gasteiger partial charge in [-0.1, -0.05) is 31.2 Å². The third-order valence-electron chi connectivity index (χ3n) is 6.42. The van der Waals surface area contributed by atoms with Crippen molar-refractivity contribution in [2.45, 2.75) is 38.5 Å². The molecule has 4 rings (SSSR count). The maximum atomic E-state index is 13.7. The molecule has 2 unspecified atom stereocenters. The van der Waals surface area contributed by atoms with Gasteiger partial charge in [0.2, 0.25) is 11.8 Å². The highest BCUT2D eigenvalue weighted by Gasteiger charge is 2.48. The normalized spacial score (nSPS) is 20.6. The molecule has 8 nitrogen and oxygen atoms in total. The molecule has 3 amide bonds. The van der Waals surface area contributed by atoms with Gasteiger partial charge >= 0.3 is 6.09 Å². The van der Waals surface area contributed by atoms with E-state index in [9.17, 15) is 18.8 Å². The molecule has 2 aromatic rings. The van der Waals surface area contributed by atoms with Gasteiger partial charge in [-0.3, -0.25) is 14.5 Å². The predicted molar refractivity (Wildman–Crippen MR) is 129 cm³/mol. The molecule has 186 valence electrons. The summed E-state index contributed by atoms with van der Waals surface area (Å²) in [4.78, 5) is 43.9. The predicted octanol–water partition coefficient (Wildman–Crippen LogP) is 3.40. The molecule has 0 aliphatic carbocycles. The van der Waals surface area contributed by atoms with E-state index in [0.29, 0.717) is 36.3 Å². The second-order valence-electron chi connectivity index (χ2n) is 9.05. The van der Waals surface area contributed by atoms with Crippen molar-refractivity contribution < 1.29 is 23.5 Å². The van der Waals surface area contributed by atoms with E-state index in [1.807, 2.05) is 14.0 Å². The molecular weight excluding hydrogens is 451 g/mol. The summed E-state index contributed by atoms with van der Waals surface area (Å²) in [6.45, 7) is 4.71. The minimum atomic E-state index is -0.850. The zero-order valence-corrected chi connectivity index (χ0v) is 20.1. The van der Waals surface area contributed by atoms with E-state index in [2.05, 4.69) is 10.2 Å². The van der Waals surface area contributed by atoms with E-state index >= 15 is 0 Å². The number of amides is 3. The van der Waals surface area contributed by atoms with E-state index in [4.69, 9.17) is 4.74 Å². The lowest BCUT2D eigenvalue weighted by molar-refractivity contribution is -0.138. The molecule has 0 saturated carbocycles. The first kappa shape index (κ1) is 24.7. The first-order chi connectivity index (χ1) is 16.9. The van der Waals surface area contributed by atoms with Gasteiger partial charge in [-0.2, -0.15) is 0 Å². The minimum Gasteiger partial charge on any atom is -0.438 e. The Morgan fingerprint density at radius 1 is 1.03 bits per heavy atom. The van der Waals surface area contributed by atoms with Crippen LogP contribution in [0.2, 0.25) is 0 Å². The van der Waals surface area contributed by atoms with Crippen molar-refractivity contribution in [1.29, 1.82) is 0 Å². The third kappa shape index (κ3) is 5.79. The molecule has 2 aromatic carbocycles. The Bertz CT molecular complexity index is 1050. The maximum absolute atomic E-state index is 13.7. The number of carbonyl (C=O) groups is 3. The molecule has 2 fully saturated rings. The fourth-order valence-corrected chi connectivity index (χ4v) is 4.40. The number of benzene rings is 2. The van der Waals surface area contributed by atoms with Crippen molar-refractivity contribution in [2.75, 3.05) is 38.5 Å². The van der Waals surface area contributed by atoms with Gasteiger partial charge in [-0.15, -0.1) is 0 Å². The lowest BCUT2D eigenvalue weighted by Gasteiger charge is -2.36. The molecule has 0 radical (unpaired) electrons. The average molecular weight is 483 g/mol. The van der Waals surface area contributed by atoms with Crippen molar-refractivity contribution in [3.05, 3.63) is 65.5 Å². The topological polar surface area (TPSA) is 82.2 Å². The summed E-state index contributed by atoms with van der Waals surface area (Å²) in [5.41, 5.74) is 2.01. The van der Waals surface area contributed by atoms with Crippen LogP contribution < -0.4 is 5.32 Å². The molecule has 2 saturated heterocycles. The largest absolute Gasteiger partial charge is 0.438 e. The Hall–Kier alpha value is -3.46. The van der Waals surface area contributed by atoms with E-state index in [1.165, 1.54) is 17.0 Å². The quantitative estimate of drug-likeness (QED) is 0.654. The number of carbonyl (C=O) groups excluding carboxylic acids is 3. The molecular formula is C26H31FN4O4. The van der Waals surface area contributed by atoms with Crippen molar-refractivity contribution in [2.24, 2.45) is 0 Å². The van der Waals surface area contributed by atoms with Gasteiger partial charge in [0.1, 0.15) is 5.82 Å². The Labute approximate surface area is 204 Å². The van der Waals surface area contributed by atoms with Gasteiger partial charge in [0.05, 0.1) is 6.54 Å². The molecule has 0 spiro atoms. The van der Waals surface area contributed by atoms with Crippen molar-refractivity contribution in [3.8, 4) is 0 Å². The molecule has 9 heteroatoms. The number of rotatable bonds is 7. The lowest BCUT2D eigenvalue weighted by atomic mass is 9.99. The lowest BCUT2D eigenvalue weighted by Crippen LogP contribution is -2.54. The Morgan fingerprint density at radius 3 is 2.31 bits per heavy atom. The number of piperazine rings is 1. The fraction of sp³-hybridized carbons (Fsp3) is 0.423. The number of hydrogen-bond acceptors (Lipinski definition) is 5. The van der Waals surface area contributed by atoms with Crippen LogP contribution in [0.1, 0.15) is 37.0 Å². The van der Waals surface area contributed by atoms with Gasteiger partial charge in [0.15, 0.2) is 12.1 Å². The smallest absolute Gasteiger partial charge is 0.411 e. The molecule has 2 atom stereocenters. The zero-order chi connectivity index (χ0) is 24.9. The van der Waals surface area contributed by atoms with Crippen LogP contribution in [-0.4, -0.2) is 71.9 Å². The van der Waals surface area contributed by atoms with E-state index in [1.54, 1.807) is 41.3 Å². The standard InChI is InChI=1S/C26H31FN4O4/c1-3-4-22(32)28-21-11-7-19(8-12-21)24-23(25(33)30-15-13-29(2)14-16-30)31(26(34)35-24)17-18-5-9-20(27)10-6-18/h5-12,23-24H,3-4,13-17H2,1-2H3,(H,28,32). The molecule has 1 N–H and O–H groups in total. The van der Waals surface area contributed by atoms with Crippen molar-refractivity contribution in [3.63, 3.8) is 0 Å². The summed E-state index contributed by atoms with van der Waals surface area (Å²) in [6, 6.07) is 12.0. The van der Waals surface area contributed by atoms with E-state index < -0.39 is 18.2 Å². The van der Waals surface area contributed by atoms with Gasteiger partial charge in [-0.05, 0) is 48.9 Å². The number of nitrogens with one attached hydrogen (secondary N) is 1. The number of nitrogens with zero attached hydrogens (tertiary/aromatic N) is 3. The molecule has 2 aliphatic rings. The van der Waals surface area contributed by atoms with Crippen molar-refractivity contribution in [1.82, 2.24) is 14.7 Å². The highest BCUT2D eigenvalue weighted by molar-refractivity contribution is 5.91. The Kier molecular flexibility index (Phi) is 7.65. The molecule has 0 aromatic heterocycles. The van der Waals surface area contributed by atoms with Crippen LogP contribution in [0.15, 0.2) is 48.5 Å². The Balaban J connectivity index is 1.59. The second kappa shape index (κ2) is 10.9. The second-order valence-corrected chi connectivity index (χ2v) is 9.05. The number of cyclic esters (lactones) is 1. The minimum absolute atomic E-state index is 0.0684. The van der Waals surface area contributed by atoms with Gasteiger partial charge in [0.25, 0.3) is 0 Å². The van der Waals surface area contributed by atoms with Crippen LogP contribution in [0.3, 0.4) is 0 Å². The molecule has 2 heterocycles. The van der Waals surface area contributed by atoms with Crippen LogP contribution in [0, 0.1) is 5.82 Å². The first-order valence-corrected chi connectivity index (χ1v) is 11.9. The molecule has 2 aliphatic heterocycles. The van der Waals surface area contributed by atoms with Crippen molar-refractivity contribution >= 4 is 23.6 Å². The zero-order valence-electron chi connectivity index (χ0n) is 20.1. The van der Waals surface area contributed by atoms with Gasteiger partial charge < -0.3 is 19.9 Å². The Morgan fingerprint density at radius 2 is 1.69 bits per heavy atom. The fourth-order valence-electron chi connectivity index (χ4n) is 4.40. The third-order valence-corrected chi connectivity index (χ3v) is 6.42. The van der Waals surface area contributed by atoms with Crippen LogP contribution in [0.25, 0.3) is 0 Å². The maximum Gasteiger partial charge on any atom is 0.411 e. The summed E-state index contributed by atoms with van der Waals surface area (Å²) in [5, 5.41) is 2.84. The molecule has 35 heavy (non-hydrogen) atoms. The monoisotopic (exact) mass is 482 g/mol. The van der Waals surface area contributed by atoms with E-state index in [-0.39, 0.29) is 24.2 Å². The number of anilines is 1. The average Bonchev–Trinajstić information content (AvgIpc) is 3.17. The van der Waals surface area contributed by atoms with Gasteiger partial charge in [0, 0.05) is 38.3 Å².